The number of sulfonamides is 1. The lowest BCUT2D eigenvalue weighted by Crippen LogP contribution is -2.14. The van der Waals surface area contributed by atoms with Gasteiger partial charge < -0.3 is 4.98 Å². The molecule has 1 aromatic carbocycles. The molecule has 0 bridgehead atoms. The number of aromatic amines is 1. The van der Waals surface area contributed by atoms with Gasteiger partial charge in [-0.1, -0.05) is 17.7 Å². The molecule has 2 aromatic rings. The lowest BCUT2D eigenvalue weighted by Gasteiger charge is -2.13. The molecule has 1 heterocycles. The van der Waals surface area contributed by atoms with E-state index >= 15 is 0 Å². The first-order chi connectivity index (χ1) is 11.1. The average molecular weight is 331 g/mol. The molecule has 1 aliphatic rings. The van der Waals surface area contributed by atoms with Crippen LogP contribution in [0, 0.1) is 0 Å². The summed E-state index contributed by atoms with van der Waals surface area (Å²) in [5.41, 5.74) is 5.15. The molecule has 1 fully saturated rings. The SMILES string of the molecule is CCS(=O)(=O)Nc1cccc(C(=C2CCCC2)c2cnc[nH]2)c1. The molecule has 0 saturated heterocycles. The summed E-state index contributed by atoms with van der Waals surface area (Å²) in [5, 5.41) is 0. The van der Waals surface area contributed by atoms with E-state index < -0.39 is 10.0 Å². The van der Waals surface area contributed by atoms with Gasteiger partial charge in [-0.2, -0.15) is 0 Å². The largest absolute Gasteiger partial charge is 0.345 e. The Morgan fingerprint density at radius 1 is 1.30 bits per heavy atom. The highest BCUT2D eigenvalue weighted by molar-refractivity contribution is 7.92. The van der Waals surface area contributed by atoms with E-state index in [-0.39, 0.29) is 5.75 Å². The molecule has 1 aliphatic carbocycles. The maximum Gasteiger partial charge on any atom is 0.232 e. The number of rotatable bonds is 5. The molecule has 0 aliphatic heterocycles. The van der Waals surface area contributed by atoms with Crippen molar-refractivity contribution in [1.82, 2.24) is 9.97 Å². The van der Waals surface area contributed by atoms with Crippen LogP contribution in [0.25, 0.3) is 5.57 Å². The van der Waals surface area contributed by atoms with Gasteiger partial charge >= 0.3 is 0 Å². The van der Waals surface area contributed by atoms with Crippen LogP contribution in [-0.4, -0.2) is 24.1 Å². The molecular formula is C17H21N3O2S. The number of allylic oxidation sites excluding steroid dienone is 1. The van der Waals surface area contributed by atoms with Crippen molar-refractivity contribution in [2.75, 3.05) is 10.5 Å². The molecule has 0 unspecified atom stereocenters. The van der Waals surface area contributed by atoms with Gasteiger partial charge in [0.25, 0.3) is 0 Å². The first-order valence-electron chi connectivity index (χ1n) is 7.91. The molecule has 1 aromatic heterocycles. The van der Waals surface area contributed by atoms with Gasteiger partial charge in [-0.05, 0) is 50.3 Å². The Balaban J connectivity index is 2.03. The van der Waals surface area contributed by atoms with Crippen molar-refractivity contribution < 1.29 is 8.42 Å². The lowest BCUT2D eigenvalue weighted by atomic mass is 9.96. The van der Waals surface area contributed by atoms with E-state index in [0.29, 0.717) is 5.69 Å². The smallest absolute Gasteiger partial charge is 0.232 e. The van der Waals surface area contributed by atoms with Crippen molar-refractivity contribution in [3.05, 3.63) is 53.6 Å². The second-order valence-electron chi connectivity index (χ2n) is 5.74. The van der Waals surface area contributed by atoms with Gasteiger partial charge in [0.15, 0.2) is 0 Å². The minimum atomic E-state index is -3.27. The number of hydrogen-bond acceptors (Lipinski definition) is 3. The molecule has 0 radical (unpaired) electrons. The minimum absolute atomic E-state index is 0.0612. The minimum Gasteiger partial charge on any atom is -0.345 e. The average Bonchev–Trinajstić information content (AvgIpc) is 3.22. The molecule has 0 amide bonds. The van der Waals surface area contributed by atoms with E-state index in [4.69, 9.17) is 0 Å². The van der Waals surface area contributed by atoms with Crippen molar-refractivity contribution >= 4 is 21.3 Å². The van der Waals surface area contributed by atoms with Crippen LogP contribution in [-0.2, 0) is 10.0 Å². The topological polar surface area (TPSA) is 74.8 Å². The second kappa shape index (κ2) is 6.58. The second-order valence-corrected chi connectivity index (χ2v) is 7.75. The van der Waals surface area contributed by atoms with Crippen LogP contribution in [0.3, 0.4) is 0 Å². The molecule has 0 spiro atoms. The van der Waals surface area contributed by atoms with Crippen LogP contribution in [0.2, 0.25) is 0 Å². The Bertz CT molecular complexity index is 800. The summed E-state index contributed by atoms with van der Waals surface area (Å²) in [4.78, 5) is 7.32. The molecule has 1 saturated carbocycles. The predicted octanol–water partition coefficient (Wildman–Crippen LogP) is 3.55. The molecule has 6 heteroatoms. The summed E-state index contributed by atoms with van der Waals surface area (Å²) in [6.45, 7) is 1.63. The Morgan fingerprint density at radius 3 is 2.74 bits per heavy atom. The Labute approximate surface area is 136 Å². The van der Waals surface area contributed by atoms with Gasteiger partial charge in [0, 0.05) is 11.3 Å². The van der Waals surface area contributed by atoms with Crippen LogP contribution in [0.4, 0.5) is 5.69 Å². The number of nitrogens with one attached hydrogen (secondary N) is 2. The molecule has 3 rings (SSSR count). The van der Waals surface area contributed by atoms with E-state index in [1.807, 2.05) is 24.4 Å². The number of H-pyrrole nitrogens is 1. The van der Waals surface area contributed by atoms with Crippen molar-refractivity contribution in [2.24, 2.45) is 0 Å². The number of nitrogens with zero attached hydrogens (tertiary/aromatic N) is 1. The molecule has 23 heavy (non-hydrogen) atoms. The van der Waals surface area contributed by atoms with Gasteiger partial charge in [-0.25, -0.2) is 13.4 Å². The predicted molar refractivity (Wildman–Crippen MR) is 92.6 cm³/mol. The van der Waals surface area contributed by atoms with Crippen LogP contribution in [0.15, 0.2) is 42.4 Å². The van der Waals surface area contributed by atoms with Crippen molar-refractivity contribution in [2.45, 2.75) is 32.6 Å². The highest BCUT2D eigenvalue weighted by atomic mass is 32.2. The number of benzene rings is 1. The van der Waals surface area contributed by atoms with Gasteiger partial charge in [-0.15, -0.1) is 0 Å². The van der Waals surface area contributed by atoms with Gasteiger partial charge in [0.05, 0.1) is 24.0 Å². The zero-order chi connectivity index (χ0) is 16.3. The maximum absolute atomic E-state index is 11.8. The standard InChI is InChI=1S/C17H21N3O2S/c1-2-23(21,22)20-15-9-5-8-14(10-15)17(13-6-3-4-7-13)16-11-18-12-19-16/h5,8-12,20H,2-4,6-7H2,1H3,(H,18,19). The third-order valence-electron chi connectivity index (χ3n) is 4.13. The van der Waals surface area contributed by atoms with E-state index in [1.165, 1.54) is 18.4 Å². The fourth-order valence-corrected chi connectivity index (χ4v) is 3.61. The van der Waals surface area contributed by atoms with Gasteiger partial charge in [-0.3, -0.25) is 4.72 Å². The van der Waals surface area contributed by atoms with E-state index in [1.54, 1.807) is 19.3 Å². The van der Waals surface area contributed by atoms with Crippen molar-refractivity contribution in [3.8, 4) is 0 Å². The van der Waals surface area contributed by atoms with E-state index in [0.717, 1.165) is 29.7 Å². The van der Waals surface area contributed by atoms with Crippen LogP contribution >= 0.6 is 0 Å². The Morgan fingerprint density at radius 2 is 2.09 bits per heavy atom. The third-order valence-corrected chi connectivity index (χ3v) is 5.44. The summed E-state index contributed by atoms with van der Waals surface area (Å²) >= 11 is 0. The summed E-state index contributed by atoms with van der Waals surface area (Å²) in [6.07, 6.45) is 8.07. The highest BCUT2D eigenvalue weighted by Crippen LogP contribution is 2.35. The quantitative estimate of drug-likeness (QED) is 0.880. The normalized spacial score (nSPS) is 14.9. The number of hydrogen-bond donors (Lipinski definition) is 2. The molecule has 0 atom stereocenters. The fourth-order valence-electron chi connectivity index (χ4n) is 2.98. The highest BCUT2D eigenvalue weighted by Gasteiger charge is 2.17. The van der Waals surface area contributed by atoms with Gasteiger partial charge in [0.1, 0.15) is 0 Å². The Kier molecular flexibility index (Phi) is 4.52. The zero-order valence-electron chi connectivity index (χ0n) is 13.2. The summed E-state index contributed by atoms with van der Waals surface area (Å²) in [6, 6.07) is 7.58. The molecule has 5 nitrogen and oxygen atoms in total. The van der Waals surface area contributed by atoms with Crippen LogP contribution < -0.4 is 4.72 Å². The first-order valence-corrected chi connectivity index (χ1v) is 9.56. The maximum atomic E-state index is 11.8. The summed E-state index contributed by atoms with van der Waals surface area (Å²) < 4.78 is 26.2. The van der Waals surface area contributed by atoms with Crippen LogP contribution in [0.1, 0.15) is 43.9 Å². The molecule has 2 N–H and O–H groups in total. The fraction of sp³-hybridized carbons (Fsp3) is 0.353. The molecule has 122 valence electrons. The lowest BCUT2D eigenvalue weighted by molar-refractivity contribution is 0.602. The zero-order valence-corrected chi connectivity index (χ0v) is 14.0. The summed E-state index contributed by atoms with van der Waals surface area (Å²) in [7, 11) is -3.27. The van der Waals surface area contributed by atoms with Gasteiger partial charge in [0.2, 0.25) is 10.0 Å². The number of aromatic nitrogens is 2. The van der Waals surface area contributed by atoms with E-state index in [2.05, 4.69) is 14.7 Å². The van der Waals surface area contributed by atoms with E-state index in [9.17, 15) is 8.42 Å². The van der Waals surface area contributed by atoms with Crippen molar-refractivity contribution in [3.63, 3.8) is 0 Å². The molecular weight excluding hydrogens is 310 g/mol. The number of anilines is 1. The first kappa shape index (κ1) is 15.8. The summed E-state index contributed by atoms with van der Waals surface area (Å²) in [5.74, 6) is 0.0612. The van der Waals surface area contributed by atoms with Crippen molar-refractivity contribution in [1.29, 1.82) is 0 Å². The monoisotopic (exact) mass is 331 g/mol. The number of imidazole rings is 1. The third kappa shape index (κ3) is 3.64. The Hall–Kier alpha value is -2.08. The van der Waals surface area contributed by atoms with Crippen LogP contribution in [0.5, 0.6) is 0 Å².